The maximum Gasteiger partial charge on any atom is 0.272 e. The first-order chi connectivity index (χ1) is 21.8. The van der Waals surface area contributed by atoms with E-state index < -0.39 is 11.1 Å². The Morgan fingerprint density at radius 1 is 0.889 bits per heavy atom. The normalized spacial score (nSPS) is 15.0. The molecule has 1 atom stereocenters. The van der Waals surface area contributed by atoms with Crippen LogP contribution in [0.5, 0.6) is 11.5 Å². The Labute approximate surface area is 260 Å². The van der Waals surface area contributed by atoms with Crippen LogP contribution in [0.4, 0.5) is 4.39 Å². The van der Waals surface area contributed by atoms with Gasteiger partial charge in [-0.05, 0) is 84.0 Å². The maximum absolute atomic E-state index is 13.2. The third-order valence-electron chi connectivity index (χ3n) is 8.15. The van der Waals surface area contributed by atoms with Crippen LogP contribution in [-0.2, 0) is 13.0 Å². The summed E-state index contributed by atoms with van der Waals surface area (Å²) in [4.78, 5) is 42.7. The minimum absolute atomic E-state index is 0.0927. The van der Waals surface area contributed by atoms with Crippen LogP contribution < -0.4 is 26.6 Å². The molecule has 45 heavy (non-hydrogen) atoms. The molecule has 0 radical (unpaired) electrons. The Balaban J connectivity index is 1.30. The first kappa shape index (κ1) is 30.0. The summed E-state index contributed by atoms with van der Waals surface area (Å²) in [5.74, 6) is 1.62. The van der Waals surface area contributed by atoms with Crippen molar-refractivity contribution in [1.29, 1.82) is 0 Å². The van der Waals surface area contributed by atoms with Gasteiger partial charge in [-0.3, -0.25) is 14.5 Å². The lowest BCUT2D eigenvalue weighted by Crippen LogP contribution is -2.46. The van der Waals surface area contributed by atoms with Crippen molar-refractivity contribution >= 4 is 12.2 Å². The molecule has 1 aliphatic rings. The van der Waals surface area contributed by atoms with Crippen molar-refractivity contribution in [2.75, 3.05) is 6.54 Å². The highest BCUT2D eigenvalue weighted by Crippen LogP contribution is 2.31. The molecule has 0 bridgehead atoms. The van der Waals surface area contributed by atoms with E-state index in [0.29, 0.717) is 22.8 Å². The van der Waals surface area contributed by atoms with Gasteiger partial charge >= 0.3 is 0 Å². The molecule has 3 heterocycles. The van der Waals surface area contributed by atoms with Gasteiger partial charge in [0.1, 0.15) is 33.8 Å². The van der Waals surface area contributed by atoms with Gasteiger partial charge in [-0.25, -0.2) is 9.37 Å². The fourth-order valence-electron chi connectivity index (χ4n) is 5.84. The van der Waals surface area contributed by atoms with Gasteiger partial charge in [-0.1, -0.05) is 57.2 Å². The highest BCUT2D eigenvalue weighted by molar-refractivity contribution is 5.52. The van der Waals surface area contributed by atoms with E-state index >= 15 is 0 Å². The predicted molar refractivity (Wildman–Crippen MR) is 173 cm³/mol. The molecule has 3 N–H and O–H groups in total. The molecule has 0 spiro atoms. The first-order valence-corrected chi connectivity index (χ1v) is 15.3. The lowest BCUT2D eigenvalue weighted by atomic mass is 9.98. The van der Waals surface area contributed by atoms with E-state index in [1.54, 1.807) is 36.4 Å². The summed E-state index contributed by atoms with van der Waals surface area (Å²) in [7, 11) is 0. The van der Waals surface area contributed by atoms with Crippen LogP contribution in [0.25, 0.3) is 12.2 Å². The molecule has 0 amide bonds. The average Bonchev–Trinajstić information content (AvgIpc) is 3.45. The van der Waals surface area contributed by atoms with Crippen LogP contribution in [0.2, 0.25) is 0 Å². The van der Waals surface area contributed by atoms with Gasteiger partial charge < -0.3 is 19.7 Å². The number of aromatic amines is 3. The zero-order valence-corrected chi connectivity index (χ0v) is 25.6. The number of H-pyrrole nitrogens is 3. The molecule has 3 aromatic carbocycles. The lowest BCUT2D eigenvalue weighted by Gasteiger charge is -2.34. The molecule has 2 aromatic heterocycles. The van der Waals surface area contributed by atoms with Gasteiger partial charge in [0.15, 0.2) is 0 Å². The van der Waals surface area contributed by atoms with Crippen LogP contribution in [0, 0.1) is 5.82 Å². The molecular formula is C36H36FN5O3. The molecule has 6 rings (SSSR count). The topological polar surface area (TPSA) is 107 Å². The van der Waals surface area contributed by atoms with E-state index in [0.717, 1.165) is 37.4 Å². The molecule has 8 nitrogen and oxygen atoms in total. The summed E-state index contributed by atoms with van der Waals surface area (Å²) >= 11 is 0. The number of fused-ring (bicyclic) bond motifs is 1. The van der Waals surface area contributed by atoms with Crippen molar-refractivity contribution in [2.45, 2.75) is 52.1 Å². The predicted octanol–water partition coefficient (Wildman–Crippen LogP) is 5.01. The highest BCUT2D eigenvalue weighted by Gasteiger charge is 2.27. The van der Waals surface area contributed by atoms with Gasteiger partial charge in [0, 0.05) is 18.8 Å². The van der Waals surface area contributed by atoms with Crippen LogP contribution in [0.3, 0.4) is 0 Å². The highest BCUT2D eigenvalue weighted by atomic mass is 19.1. The minimum Gasteiger partial charge on any atom is -0.457 e. The van der Waals surface area contributed by atoms with E-state index in [-0.39, 0.29) is 28.5 Å². The van der Waals surface area contributed by atoms with E-state index in [9.17, 15) is 14.0 Å². The average molecular weight is 606 g/mol. The second-order valence-electron chi connectivity index (χ2n) is 11.6. The zero-order chi connectivity index (χ0) is 31.5. The van der Waals surface area contributed by atoms with Crippen molar-refractivity contribution in [1.82, 2.24) is 24.8 Å². The Morgan fingerprint density at radius 3 is 2.31 bits per heavy atom. The molecule has 0 fully saturated rings. The second-order valence-corrected chi connectivity index (χ2v) is 11.6. The van der Waals surface area contributed by atoms with Crippen molar-refractivity contribution in [3.63, 3.8) is 0 Å². The number of rotatable bonds is 8. The number of aromatic nitrogens is 4. The Morgan fingerprint density at radius 2 is 1.60 bits per heavy atom. The van der Waals surface area contributed by atoms with Crippen LogP contribution in [0.15, 0.2) is 82.4 Å². The van der Waals surface area contributed by atoms with Crippen molar-refractivity contribution < 1.29 is 9.13 Å². The molecule has 5 aromatic rings. The van der Waals surface area contributed by atoms with E-state index in [2.05, 4.69) is 64.9 Å². The number of hydrogen-bond acceptors (Lipinski definition) is 5. The molecule has 9 heteroatoms. The number of nitrogens with one attached hydrogen (secondary N) is 3. The molecule has 1 unspecified atom stereocenters. The minimum atomic E-state index is -0.439. The van der Waals surface area contributed by atoms with E-state index in [1.807, 2.05) is 0 Å². The smallest absolute Gasteiger partial charge is 0.272 e. The number of imidazole rings is 1. The van der Waals surface area contributed by atoms with Crippen LogP contribution in [-0.4, -0.2) is 31.4 Å². The largest absolute Gasteiger partial charge is 0.457 e. The molecule has 1 aliphatic heterocycles. The van der Waals surface area contributed by atoms with E-state index in [4.69, 9.17) is 9.72 Å². The van der Waals surface area contributed by atoms with Crippen molar-refractivity contribution in [3.05, 3.63) is 144 Å². The summed E-state index contributed by atoms with van der Waals surface area (Å²) in [6.07, 6.45) is 5.10. The van der Waals surface area contributed by atoms with Gasteiger partial charge in [-0.15, -0.1) is 0 Å². The van der Waals surface area contributed by atoms with Gasteiger partial charge in [0.05, 0.1) is 11.7 Å². The molecule has 0 saturated carbocycles. The number of hydrogen-bond donors (Lipinski definition) is 3. The third kappa shape index (κ3) is 6.73. The van der Waals surface area contributed by atoms with E-state index in [1.165, 1.54) is 35.4 Å². The standard InChI is InChI=1S/C36H36FN5O3/c1-4-32(42-17-16-24-9-5-6-10-25(24)21-42)34-38-29(33(41-34)22(2)3)20-31-36(44)39-30(35(43)40-31)19-23-8-7-11-28(18-23)45-27-14-12-26(37)13-15-27/h5-15,18-20,22,32H,4,16-17,21H2,1-3H3,(H,38,41)(H,39,44)(H,40,43)/b30-19-,31-20-. The first-order valence-electron chi connectivity index (χ1n) is 15.3. The molecule has 230 valence electrons. The number of nitrogens with zero attached hydrogens (tertiary/aromatic N) is 2. The lowest BCUT2D eigenvalue weighted by molar-refractivity contribution is 0.168. The summed E-state index contributed by atoms with van der Waals surface area (Å²) in [5.41, 5.74) is 4.07. The Hall–Kier alpha value is -5.02. The number of benzene rings is 3. The summed E-state index contributed by atoms with van der Waals surface area (Å²) in [6, 6.07) is 21.4. The fraction of sp³-hybridized carbons (Fsp3) is 0.250. The summed E-state index contributed by atoms with van der Waals surface area (Å²) in [6.45, 7) is 8.11. The summed E-state index contributed by atoms with van der Waals surface area (Å²) in [5, 5.41) is 0.241. The molecular weight excluding hydrogens is 569 g/mol. The van der Waals surface area contributed by atoms with Crippen molar-refractivity contribution in [3.8, 4) is 11.5 Å². The van der Waals surface area contributed by atoms with Crippen LogP contribution >= 0.6 is 0 Å². The van der Waals surface area contributed by atoms with Gasteiger partial charge in [-0.2, -0.15) is 0 Å². The number of ether oxygens (including phenoxy) is 1. The second kappa shape index (κ2) is 12.9. The maximum atomic E-state index is 13.2. The number of halogens is 1. The van der Waals surface area contributed by atoms with Gasteiger partial charge in [0.2, 0.25) is 0 Å². The zero-order valence-electron chi connectivity index (χ0n) is 25.6. The summed E-state index contributed by atoms with van der Waals surface area (Å²) < 4.78 is 19.0. The molecule has 0 saturated heterocycles. The molecule has 0 aliphatic carbocycles. The Kier molecular flexibility index (Phi) is 8.62. The monoisotopic (exact) mass is 605 g/mol. The third-order valence-corrected chi connectivity index (χ3v) is 8.15. The Bertz CT molecular complexity index is 2060. The SMILES string of the molecule is CCC(c1nc(/C=c2\[nH]c(=O)/c(=C/c3cccc(Oc4ccc(F)cc4)c3)[nH]c2=O)c(C(C)C)[nH]1)N1CCc2ccccc2C1. The van der Waals surface area contributed by atoms with Gasteiger partial charge in [0.25, 0.3) is 11.1 Å². The van der Waals surface area contributed by atoms with Crippen LogP contribution in [0.1, 0.15) is 73.1 Å². The van der Waals surface area contributed by atoms with Crippen molar-refractivity contribution in [2.24, 2.45) is 0 Å². The quantitative estimate of drug-likeness (QED) is 0.231. The fourth-order valence-corrected chi connectivity index (χ4v) is 5.84.